The maximum atomic E-state index is 12.4. The van der Waals surface area contributed by atoms with E-state index < -0.39 is 0 Å². The van der Waals surface area contributed by atoms with E-state index in [9.17, 15) is 4.79 Å². The fourth-order valence-electron chi connectivity index (χ4n) is 3.40. The Morgan fingerprint density at radius 2 is 1.96 bits per heavy atom. The smallest absolute Gasteiger partial charge is 0.230 e. The minimum Gasteiger partial charge on any atom is -0.486 e. The number of ether oxygens (including phenoxy) is 2. The molecule has 25 heavy (non-hydrogen) atoms. The van der Waals surface area contributed by atoms with E-state index in [0.717, 1.165) is 35.7 Å². The van der Waals surface area contributed by atoms with Crippen molar-refractivity contribution in [3.05, 3.63) is 53.6 Å². The van der Waals surface area contributed by atoms with Crippen molar-refractivity contribution in [3.8, 4) is 11.5 Å². The van der Waals surface area contributed by atoms with Gasteiger partial charge in [0.1, 0.15) is 13.2 Å². The summed E-state index contributed by atoms with van der Waals surface area (Å²) in [6.45, 7) is 1.16. The average molecular weight is 355 g/mol. The molecule has 130 valence electrons. The Kier molecular flexibility index (Phi) is 4.83. The van der Waals surface area contributed by atoms with E-state index in [1.807, 2.05) is 24.3 Å². The second-order valence-electron chi connectivity index (χ2n) is 6.31. The maximum Gasteiger partial charge on any atom is 0.230 e. The van der Waals surface area contributed by atoms with E-state index in [1.165, 1.54) is 22.9 Å². The van der Waals surface area contributed by atoms with Crippen molar-refractivity contribution in [2.24, 2.45) is 0 Å². The minimum atomic E-state index is 0.0709. The summed E-state index contributed by atoms with van der Waals surface area (Å²) in [5, 5.41) is 3.19. The molecule has 0 fully saturated rings. The Balaban J connectivity index is 1.36. The summed E-state index contributed by atoms with van der Waals surface area (Å²) in [5.74, 6) is 2.01. The topological polar surface area (TPSA) is 47.6 Å². The summed E-state index contributed by atoms with van der Waals surface area (Å²) in [6.07, 6.45) is 3.24. The van der Waals surface area contributed by atoms with Crippen molar-refractivity contribution < 1.29 is 14.3 Å². The molecule has 4 rings (SSSR count). The normalized spacial score (nSPS) is 18.3. The molecule has 0 radical (unpaired) electrons. The SMILES string of the molecule is O=C(CSc1ccc2c(c1)OCCO2)NC1CCCc2ccccc21. The Morgan fingerprint density at radius 1 is 1.12 bits per heavy atom. The third-order valence-electron chi connectivity index (χ3n) is 4.59. The lowest BCUT2D eigenvalue weighted by Crippen LogP contribution is -2.32. The highest BCUT2D eigenvalue weighted by Crippen LogP contribution is 2.34. The molecule has 0 saturated carbocycles. The van der Waals surface area contributed by atoms with Crippen LogP contribution in [-0.2, 0) is 11.2 Å². The summed E-state index contributed by atoms with van der Waals surface area (Å²) < 4.78 is 11.1. The Bertz CT molecular complexity index is 777. The summed E-state index contributed by atoms with van der Waals surface area (Å²) in [4.78, 5) is 13.4. The van der Waals surface area contributed by atoms with Crippen LogP contribution in [0.15, 0.2) is 47.4 Å². The molecular weight excluding hydrogens is 334 g/mol. The Labute approximate surface area is 151 Å². The van der Waals surface area contributed by atoms with Gasteiger partial charge < -0.3 is 14.8 Å². The first-order chi connectivity index (χ1) is 12.3. The van der Waals surface area contributed by atoms with Gasteiger partial charge in [-0.15, -0.1) is 11.8 Å². The number of fused-ring (bicyclic) bond motifs is 2. The molecule has 1 aliphatic heterocycles. The van der Waals surface area contributed by atoms with Gasteiger partial charge in [0.05, 0.1) is 11.8 Å². The summed E-state index contributed by atoms with van der Waals surface area (Å²) in [7, 11) is 0. The van der Waals surface area contributed by atoms with Gasteiger partial charge in [0.25, 0.3) is 0 Å². The van der Waals surface area contributed by atoms with Gasteiger partial charge in [0, 0.05) is 4.90 Å². The predicted molar refractivity (Wildman–Crippen MR) is 98.4 cm³/mol. The third kappa shape index (κ3) is 3.76. The second kappa shape index (κ2) is 7.40. The zero-order chi connectivity index (χ0) is 17.1. The van der Waals surface area contributed by atoms with E-state index in [2.05, 4.69) is 23.5 Å². The van der Waals surface area contributed by atoms with Crippen LogP contribution in [0.3, 0.4) is 0 Å². The molecule has 1 amide bonds. The Hall–Kier alpha value is -2.14. The number of rotatable bonds is 4. The largest absolute Gasteiger partial charge is 0.486 e. The van der Waals surface area contributed by atoms with Crippen LogP contribution in [0.5, 0.6) is 11.5 Å². The van der Waals surface area contributed by atoms with Crippen molar-refractivity contribution in [1.82, 2.24) is 5.32 Å². The minimum absolute atomic E-state index is 0.0709. The van der Waals surface area contributed by atoms with Crippen LogP contribution in [0, 0.1) is 0 Å². The summed E-state index contributed by atoms with van der Waals surface area (Å²) in [5.41, 5.74) is 2.63. The lowest BCUT2D eigenvalue weighted by molar-refractivity contribution is -0.119. The molecule has 0 spiro atoms. The van der Waals surface area contributed by atoms with Gasteiger partial charge in [0.15, 0.2) is 11.5 Å². The molecule has 0 saturated heterocycles. The van der Waals surface area contributed by atoms with Crippen molar-refractivity contribution in [1.29, 1.82) is 0 Å². The predicted octanol–water partition coefficient (Wildman–Crippen LogP) is 3.74. The van der Waals surface area contributed by atoms with Gasteiger partial charge >= 0.3 is 0 Å². The number of carbonyl (C=O) groups is 1. The van der Waals surface area contributed by atoms with Gasteiger partial charge in [-0.2, -0.15) is 0 Å². The Morgan fingerprint density at radius 3 is 2.88 bits per heavy atom. The zero-order valence-corrected chi connectivity index (χ0v) is 14.8. The molecule has 2 aromatic carbocycles. The zero-order valence-electron chi connectivity index (χ0n) is 14.0. The fraction of sp³-hybridized carbons (Fsp3) is 0.350. The number of carbonyl (C=O) groups excluding carboxylic acids is 1. The van der Waals surface area contributed by atoms with Gasteiger partial charge in [-0.05, 0) is 48.6 Å². The number of benzene rings is 2. The van der Waals surface area contributed by atoms with Crippen LogP contribution in [0.1, 0.15) is 30.0 Å². The quantitative estimate of drug-likeness (QED) is 0.849. The lowest BCUT2D eigenvalue weighted by Gasteiger charge is -2.26. The molecule has 4 nitrogen and oxygen atoms in total. The number of aryl methyl sites for hydroxylation is 1. The first-order valence-electron chi connectivity index (χ1n) is 8.69. The standard InChI is InChI=1S/C20H21NO3S/c22-20(21-17-7-3-5-14-4-1-2-6-16(14)17)13-25-15-8-9-18-19(12-15)24-11-10-23-18/h1-2,4,6,8-9,12,17H,3,5,7,10-11,13H2,(H,21,22). The first-order valence-corrected chi connectivity index (χ1v) is 9.68. The number of nitrogens with one attached hydrogen (secondary N) is 1. The molecular formula is C20H21NO3S. The van der Waals surface area contributed by atoms with Gasteiger partial charge in [-0.25, -0.2) is 0 Å². The van der Waals surface area contributed by atoms with Gasteiger partial charge in [0.2, 0.25) is 5.91 Å². The molecule has 1 N–H and O–H groups in total. The molecule has 5 heteroatoms. The van der Waals surface area contributed by atoms with Crippen molar-refractivity contribution in [2.45, 2.75) is 30.2 Å². The molecule has 1 unspecified atom stereocenters. The number of thioether (sulfide) groups is 1. The average Bonchev–Trinajstić information content (AvgIpc) is 2.66. The van der Waals surface area contributed by atoms with Crippen molar-refractivity contribution in [3.63, 3.8) is 0 Å². The van der Waals surface area contributed by atoms with Gasteiger partial charge in [-0.3, -0.25) is 4.79 Å². The maximum absolute atomic E-state index is 12.4. The highest BCUT2D eigenvalue weighted by atomic mass is 32.2. The number of hydrogen-bond donors (Lipinski definition) is 1. The molecule has 1 atom stereocenters. The van der Waals surface area contributed by atoms with Crippen LogP contribution in [-0.4, -0.2) is 24.9 Å². The monoisotopic (exact) mass is 355 g/mol. The van der Waals surface area contributed by atoms with Crippen LogP contribution in [0.2, 0.25) is 0 Å². The highest BCUT2D eigenvalue weighted by molar-refractivity contribution is 8.00. The summed E-state index contributed by atoms with van der Waals surface area (Å²) in [6, 6.07) is 14.4. The molecule has 1 heterocycles. The van der Waals surface area contributed by atoms with Crippen LogP contribution in [0.25, 0.3) is 0 Å². The van der Waals surface area contributed by atoms with Crippen LogP contribution < -0.4 is 14.8 Å². The number of hydrogen-bond acceptors (Lipinski definition) is 4. The third-order valence-corrected chi connectivity index (χ3v) is 5.58. The molecule has 2 aliphatic rings. The highest BCUT2D eigenvalue weighted by Gasteiger charge is 2.21. The van der Waals surface area contributed by atoms with Crippen LogP contribution in [0.4, 0.5) is 0 Å². The van der Waals surface area contributed by atoms with Crippen LogP contribution >= 0.6 is 11.8 Å². The van der Waals surface area contributed by atoms with E-state index in [0.29, 0.717) is 19.0 Å². The van der Waals surface area contributed by atoms with E-state index in [-0.39, 0.29) is 11.9 Å². The molecule has 0 aromatic heterocycles. The first kappa shape index (κ1) is 16.3. The molecule has 2 aromatic rings. The van der Waals surface area contributed by atoms with Gasteiger partial charge in [-0.1, -0.05) is 24.3 Å². The lowest BCUT2D eigenvalue weighted by atomic mass is 9.88. The second-order valence-corrected chi connectivity index (χ2v) is 7.35. The van der Waals surface area contributed by atoms with Crippen molar-refractivity contribution >= 4 is 17.7 Å². The fourth-order valence-corrected chi connectivity index (χ4v) is 4.14. The van der Waals surface area contributed by atoms with E-state index in [4.69, 9.17) is 9.47 Å². The van der Waals surface area contributed by atoms with E-state index in [1.54, 1.807) is 0 Å². The number of amides is 1. The van der Waals surface area contributed by atoms with E-state index >= 15 is 0 Å². The van der Waals surface area contributed by atoms with Crippen molar-refractivity contribution in [2.75, 3.05) is 19.0 Å². The molecule has 1 aliphatic carbocycles. The summed E-state index contributed by atoms with van der Waals surface area (Å²) >= 11 is 1.52. The molecule has 0 bridgehead atoms.